The Kier molecular flexibility index (Phi) is 5.67. The number of carbonyl (C=O) groups excluding carboxylic acids is 3. The van der Waals surface area contributed by atoms with Crippen LogP contribution in [0.5, 0.6) is 11.5 Å². The van der Waals surface area contributed by atoms with Crippen LogP contribution >= 0.6 is 0 Å². The van der Waals surface area contributed by atoms with Crippen LogP contribution in [0.4, 0.5) is 5.69 Å². The molecule has 0 aliphatic carbocycles. The molecule has 1 fully saturated rings. The Morgan fingerprint density at radius 1 is 1.13 bits per heavy atom. The van der Waals surface area contributed by atoms with Gasteiger partial charge in [0.1, 0.15) is 0 Å². The average molecular weight is 410 g/mol. The van der Waals surface area contributed by atoms with Gasteiger partial charge in [0.2, 0.25) is 0 Å². The van der Waals surface area contributed by atoms with Gasteiger partial charge in [0.25, 0.3) is 17.7 Å². The second-order valence-corrected chi connectivity index (χ2v) is 7.10. The highest BCUT2D eigenvalue weighted by molar-refractivity contribution is 6.21. The smallest absolute Gasteiger partial charge is 0.262 e. The molecule has 156 valence electrons. The Morgan fingerprint density at radius 2 is 1.90 bits per heavy atom. The van der Waals surface area contributed by atoms with Gasteiger partial charge in [-0.15, -0.1) is 0 Å². The van der Waals surface area contributed by atoms with Gasteiger partial charge in [-0.05, 0) is 43.2 Å². The first-order chi connectivity index (χ1) is 14.6. The van der Waals surface area contributed by atoms with Crippen LogP contribution in [0.1, 0.15) is 33.6 Å². The number of amides is 3. The van der Waals surface area contributed by atoms with E-state index in [4.69, 9.17) is 14.2 Å². The molecule has 8 nitrogen and oxygen atoms in total. The number of hydrogen-bond acceptors (Lipinski definition) is 6. The van der Waals surface area contributed by atoms with E-state index in [1.54, 1.807) is 36.4 Å². The standard InChI is InChI=1S/C22H22N2O6/c1-28-18-6-2-3-7-19(18)30-13-20(25)23-14-8-9-16-17(11-14)22(27)24(21(16)26)12-15-5-4-10-29-15/h2-3,6-9,11,15H,4-5,10,12-13H2,1H3,(H,23,25)/t15-/m1/s1. The van der Waals surface area contributed by atoms with Gasteiger partial charge in [0.05, 0.1) is 30.9 Å². The molecule has 0 spiro atoms. The first-order valence-electron chi connectivity index (χ1n) is 9.74. The van der Waals surface area contributed by atoms with E-state index in [1.165, 1.54) is 18.1 Å². The van der Waals surface area contributed by atoms with Crippen molar-refractivity contribution >= 4 is 23.4 Å². The van der Waals surface area contributed by atoms with Crippen LogP contribution in [0, 0.1) is 0 Å². The lowest BCUT2D eigenvalue weighted by Crippen LogP contribution is -2.36. The normalized spacial score (nSPS) is 17.8. The SMILES string of the molecule is COc1ccccc1OCC(=O)Nc1ccc2c(c1)C(=O)N(C[C@H]1CCCO1)C2=O. The maximum absolute atomic E-state index is 12.7. The van der Waals surface area contributed by atoms with Crippen molar-refractivity contribution in [2.75, 3.05) is 32.2 Å². The van der Waals surface area contributed by atoms with Gasteiger partial charge in [0.15, 0.2) is 18.1 Å². The molecule has 2 aliphatic heterocycles. The van der Waals surface area contributed by atoms with E-state index in [0.717, 1.165) is 12.8 Å². The van der Waals surface area contributed by atoms with Crippen LogP contribution < -0.4 is 14.8 Å². The molecule has 0 aromatic heterocycles. The number of para-hydroxylation sites is 2. The van der Waals surface area contributed by atoms with Crippen LogP contribution in [0.15, 0.2) is 42.5 Å². The lowest BCUT2D eigenvalue weighted by Gasteiger charge is -2.17. The molecule has 2 heterocycles. The highest BCUT2D eigenvalue weighted by Gasteiger charge is 2.37. The second kappa shape index (κ2) is 8.54. The number of ether oxygens (including phenoxy) is 3. The molecule has 3 amide bonds. The largest absolute Gasteiger partial charge is 0.493 e. The number of anilines is 1. The number of benzene rings is 2. The van der Waals surface area contributed by atoms with Crippen LogP contribution in [0.25, 0.3) is 0 Å². The molecule has 1 saturated heterocycles. The minimum atomic E-state index is -0.395. The molecule has 1 N–H and O–H groups in total. The molecule has 0 bridgehead atoms. The number of carbonyl (C=O) groups is 3. The highest BCUT2D eigenvalue weighted by Crippen LogP contribution is 2.28. The summed E-state index contributed by atoms with van der Waals surface area (Å²) in [5.41, 5.74) is 1.03. The number of methoxy groups -OCH3 is 1. The maximum Gasteiger partial charge on any atom is 0.262 e. The fourth-order valence-corrected chi connectivity index (χ4v) is 3.60. The molecule has 1 atom stereocenters. The number of hydrogen-bond donors (Lipinski definition) is 1. The summed E-state index contributed by atoms with van der Waals surface area (Å²) in [4.78, 5) is 38.8. The zero-order chi connectivity index (χ0) is 21.1. The lowest BCUT2D eigenvalue weighted by atomic mass is 10.1. The summed E-state index contributed by atoms with van der Waals surface area (Å²) in [5.74, 6) is -0.114. The van der Waals surface area contributed by atoms with Gasteiger partial charge in [0, 0.05) is 12.3 Å². The predicted molar refractivity (Wildman–Crippen MR) is 108 cm³/mol. The number of fused-ring (bicyclic) bond motifs is 1. The summed E-state index contributed by atoms with van der Waals surface area (Å²) in [6.45, 7) is 0.678. The van der Waals surface area contributed by atoms with Crippen molar-refractivity contribution in [3.05, 3.63) is 53.6 Å². The van der Waals surface area contributed by atoms with Gasteiger partial charge >= 0.3 is 0 Å². The molecule has 8 heteroatoms. The number of imide groups is 1. The Morgan fingerprint density at radius 3 is 2.63 bits per heavy atom. The molecule has 0 saturated carbocycles. The average Bonchev–Trinajstić information content (AvgIpc) is 3.35. The number of nitrogens with zero attached hydrogens (tertiary/aromatic N) is 1. The van der Waals surface area contributed by atoms with Gasteiger partial charge in [-0.2, -0.15) is 0 Å². The van der Waals surface area contributed by atoms with Crippen molar-refractivity contribution in [3.8, 4) is 11.5 Å². The van der Waals surface area contributed by atoms with E-state index in [-0.39, 0.29) is 36.6 Å². The summed E-state index contributed by atoms with van der Waals surface area (Å²) in [6.07, 6.45) is 1.65. The Labute approximate surface area is 173 Å². The van der Waals surface area contributed by atoms with Crippen LogP contribution in [-0.2, 0) is 9.53 Å². The molecule has 0 radical (unpaired) electrons. The zero-order valence-electron chi connectivity index (χ0n) is 16.6. The fourth-order valence-electron chi connectivity index (χ4n) is 3.60. The van der Waals surface area contributed by atoms with Gasteiger partial charge in [-0.1, -0.05) is 12.1 Å². The van der Waals surface area contributed by atoms with Crippen LogP contribution in [-0.4, -0.2) is 55.6 Å². The van der Waals surface area contributed by atoms with Crippen molar-refractivity contribution in [3.63, 3.8) is 0 Å². The van der Waals surface area contributed by atoms with E-state index in [9.17, 15) is 14.4 Å². The third-order valence-corrected chi connectivity index (χ3v) is 5.09. The molecule has 0 unspecified atom stereocenters. The van der Waals surface area contributed by atoms with Crippen molar-refractivity contribution in [2.45, 2.75) is 18.9 Å². The van der Waals surface area contributed by atoms with Gasteiger partial charge in [-0.3, -0.25) is 19.3 Å². The summed E-state index contributed by atoms with van der Waals surface area (Å²) >= 11 is 0. The lowest BCUT2D eigenvalue weighted by molar-refractivity contribution is -0.118. The van der Waals surface area contributed by atoms with Gasteiger partial charge < -0.3 is 19.5 Å². The minimum Gasteiger partial charge on any atom is -0.493 e. The summed E-state index contributed by atoms with van der Waals surface area (Å²) in [7, 11) is 1.52. The molecular formula is C22H22N2O6. The molecule has 2 aliphatic rings. The highest BCUT2D eigenvalue weighted by atomic mass is 16.5. The quantitative estimate of drug-likeness (QED) is 0.705. The van der Waals surface area contributed by atoms with Gasteiger partial charge in [-0.25, -0.2) is 0 Å². The minimum absolute atomic E-state index is 0.112. The molecule has 2 aromatic carbocycles. The topological polar surface area (TPSA) is 94.2 Å². The Bertz CT molecular complexity index is 983. The van der Waals surface area contributed by atoms with Crippen molar-refractivity contribution in [1.29, 1.82) is 0 Å². The van der Waals surface area contributed by atoms with E-state index >= 15 is 0 Å². The van der Waals surface area contributed by atoms with E-state index in [2.05, 4.69) is 5.32 Å². The number of nitrogens with one attached hydrogen (secondary N) is 1. The molecule has 2 aromatic rings. The fraction of sp³-hybridized carbons (Fsp3) is 0.318. The summed E-state index contributed by atoms with van der Waals surface area (Å²) < 4.78 is 16.2. The predicted octanol–water partition coefficient (Wildman–Crippen LogP) is 2.49. The first kappa shape index (κ1) is 19.9. The Hall–Kier alpha value is -3.39. The molecule has 30 heavy (non-hydrogen) atoms. The van der Waals surface area contributed by atoms with Crippen molar-refractivity contribution < 1.29 is 28.6 Å². The van der Waals surface area contributed by atoms with E-state index < -0.39 is 5.91 Å². The monoisotopic (exact) mass is 410 g/mol. The van der Waals surface area contributed by atoms with Crippen molar-refractivity contribution in [1.82, 2.24) is 4.90 Å². The molecule has 4 rings (SSSR count). The van der Waals surface area contributed by atoms with Crippen molar-refractivity contribution in [2.24, 2.45) is 0 Å². The number of rotatable bonds is 7. The summed E-state index contributed by atoms with van der Waals surface area (Å²) in [5, 5.41) is 2.69. The third kappa shape index (κ3) is 3.99. The maximum atomic E-state index is 12.7. The third-order valence-electron chi connectivity index (χ3n) is 5.09. The second-order valence-electron chi connectivity index (χ2n) is 7.10. The van der Waals surface area contributed by atoms with E-state index in [0.29, 0.717) is 29.4 Å². The zero-order valence-corrected chi connectivity index (χ0v) is 16.6. The Balaban J connectivity index is 1.40. The van der Waals surface area contributed by atoms with E-state index in [1.807, 2.05) is 0 Å². The first-order valence-corrected chi connectivity index (χ1v) is 9.74. The van der Waals surface area contributed by atoms with Crippen LogP contribution in [0.2, 0.25) is 0 Å². The molecular weight excluding hydrogens is 388 g/mol. The summed E-state index contributed by atoms with van der Waals surface area (Å²) in [6, 6.07) is 11.7. The van der Waals surface area contributed by atoms with Crippen LogP contribution in [0.3, 0.4) is 0 Å².